The second-order valence-corrected chi connectivity index (χ2v) is 8.54. The lowest BCUT2D eigenvalue weighted by atomic mass is 9.97. The minimum absolute atomic E-state index is 0.258. The van der Waals surface area contributed by atoms with Gasteiger partial charge in [0.2, 0.25) is 5.91 Å². The van der Waals surface area contributed by atoms with E-state index in [1.807, 2.05) is 12.3 Å². The van der Waals surface area contributed by atoms with Gasteiger partial charge >= 0.3 is 0 Å². The summed E-state index contributed by atoms with van der Waals surface area (Å²) in [6.45, 7) is 12.7. The van der Waals surface area contributed by atoms with E-state index in [2.05, 4.69) is 45.7 Å². The number of hydrogen-bond donors (Lipinski definition) is 0. The molecule has 28 heavy (non-hydrogen) atoms. The zero-order valence-corrected chi connectivity index (χ0v) is 17.6. The molecule has 0 radical (unpaired) electrons. The summed E-state index contributed by atoms with van der Waals surface area (Å²) < 4.78 is 5.59. The summed E-state index contributed by atoms with van der Waals surface area (Å²) in [4.78, 5) is 24.0. The molecule has 2 saturated heterocycles. The molecular weight excluding hydrogens is 352 g/mol. The SMILES string of the molecule is CC(C)COCCC(=O)N1CCCC(CN2CCN(c3ccccn3)CC2)C1. The number of nitrogens with zero attached hydrogens (tertiary/aromatic N) is 4. The van der Waals surface area contributed by atoms with E-state index < -0.39 is 0 Å². The molecule has 1 unspecified atom stereocenters. The summed E-state index contributed by atoms with van der Waals surface area (Å²) in [6.07, 6.45) is 4.73. The van der Waals surface area contributed by atoms with Gasteiger partial charge in [0, 0.05) is 58.6 Å². The van der Waals surface area contributed by atoms with E-state index in [4.69, 9.17) is 4.74 Å². The Morgan fingerprint density at radius 2 is 2.04 bits per heavy atom. The molecule has 0 saturated carbocycles. The summed E-state index contributed by atoms with van der Waals surface area (Å²) in [7, 11) is 0. The molecular formula is C22H36N4O2. The van der Waals surface area contributed by atoms with Gasteiger partial charge < -0.3 is 14.5 Å². The third-order valence-electron chi connectivity index (χ3n) is 5.65. The molecule has 2 fully saturated rings. The number of ether oxygens (including phenoxy) is 1. The Kier molecular flexibility index (Phi) is 8.10. The summed E-state index contributed by atoms with van der Waals surface area (Å²) in [5.74, 6) is 2.45. The van der Waals surface area contributed by atoms with Gasteiger partial charge in [0.15, 0.2) is 0 Å². The van der Waals surface area contributed by atoms with Gasteiger partial charge in [-0.2, -0.15) is 0 Å². The van der Waals surface area contributed by atoms with Crippen molar-refractivity contribution in [3.05, 3.63) is 24.4 Å². The number of likely N-dealkylation sites (tertiary alicyclic amines) is 1. The van der Waals surface area contributed by atoms with Crippen LogP contribution >= 0.6 is 0 Å². The molecule has 0 aliphatic carbocycles. The van der Waals surface area contributed by atoms with E-state index in [0.29, 0.717) is 24.9 Å². The highest BCUT2D eigenvalue weighted by molar-refractivity contribution is 5.76. The fraction of sp³-hybridized carbons (Fsp3) is 0.727. The molecule has 2 aliphatic heterocycles. The van der Waals surface area contributed by atoms with E-state index in [-0.39, 0.29) is 5.91 Å². The molecule has 6 nitrogen and oxygen atoms in total. The molecule has 0 N–H and O–H groups in total. The van der Waals surface area contributed by atoms with E-state index in [0.717, 1.165) is 64.7 Å². The minimum Gasteiger partial charge on any atom is -0.381 e. The van der Waals surface area contributed by atoms with Gasteiger partial charge in [-0.25, -0.2) is 4.98 Å². The number of pyridine rings is 1. The largest absolute Gasteiger partial charge is 0.381 e. The molecule has 2 aliphatic rings. The van der Waals surface area contributed by atoms with E-state index in [1.54, 1.807) is 0 Å². The van der Waals surface area contributed by atoms with Crippen LogP contribution in [0.5, 0.6) is 0 Å². The molecule has 6 heteroatoms. The standard InChI is InChI=1S/C22H36N4O2/c1-19(2)18-28-15-8-22(27)26-10-5-6-20(17-26)16-24-11-13-25(14-12-24)21-7-3-4-9-23-21/h3-4,7,9,19-20H,5-6,8,10-18H2,1-2H3. The van der Waals surface area contributed by atoms with Crippen LogP contribution in [0.25, 0.3) is 0 Å². The Balaban J connectivity index is 1.37. The number of piperidine rings is 1. The second-order valence-electron chi connectivity index (χ2n) is 8.54. The van der Waals surface area contributed by atoms with Crippen molar-refractivity contribution >= 4 is 11.7 Å². The van der Waals surface area contributed by atoms with Crippen LogP contribution in [0.2, 0.25) is 0 Å². The fourth-order valence-corrected chi connectivity index (χ4v) is 4.14. The first-order chi connectivity index (χ1) is 13.6. The highest BCUT2D eigenvalue weighted by Crippen LogP contribution is 2.20. The molecule has 0 aromatic carbocycles. The third kappa shape index (κ3) is 6.45. The predicted molar refractivity (Wildman–Crippen MR) is 112 cm³/mol. The van der Waals surface area contributed by atoms with E-state index in [9.17, 15) is 4.79 Å². The number of piperazine rings is 1. The number of aromatic nitrogens is 1. The molecule has 156 valence electrons. The van der Waals surface area contributed by atoms with Crippen molar-refractivity contribution in [2.45, 2.75) is 33.1 Å². The van der Waals surface area contributed by atoms with Crippen LogP contribution in [-0.2, 0) is 9.53 Å². The topological polar surface area (TPSA) is 48.9 Å². The zero-order valence-electron chi connectivity index (χ0n) is 17.6. The number of hydrogen-bond acceptors (Lipinski definition) is 5. The molecule has 0 spiro atoms. The average molecular weight is 389 g/mol. The first-order valence-corrected chi connectivity index (χ1v) is 10.9. The molecule has 3 heterocycles. The quantitative estimate of drug-likeness (QED) is 0.641. The monoisotopic (exact) mass is 388 g/mol. The number of carbonyl (C=O) groups is 1. The highest BCUT2D eigenvalue weighted by atomic mass is 16.5. The number of carbonyl (C=O) groups excluding carboxylic acids is 1. The van der Waals surface area contributed by atoms with Crippen LogP contribution in [0.1, 0.15) is 33.1 Å². The van der Waals surface area contributed by atoms with Crippen molar-refractivity contribution in [2.24, 2.45) is 11.8 Å². The third-order valence-corrected chi connectivity index (χ3v) is 5.65. The maximum atomic E-state index is 12.5. The maximum Gasteiger partial charge on any atom is 0.224 e. The van der Waals surface area contributed by atoms with Crippen molar-refractivity contribution in [1.82, 2.24) is 14.8 Å². The zero-order chi connectivity index (χ0) is 19.8. The fourth-order valence-electron chi connectivity index (χ4n) is 4.14. The maximum absolute atomic E-state index is 12.5. The molecule has 1 aromatic rings. The van der Waals surface area contributed by atoms with E-state index in [1.165, 1.54) is 6.42 Å². The van der Waals surface area contributed by atoms with Crippen molar-refractivity contribution < 1.29 is 9.53 Å². The van der Waals surface area contributed by atoms with Crippen molar-refractivity contribution in [1.29, 1.82) is 0 Å². The van der Waals surface area contributed by atoms with Crippen LogP contribution in [0.15, 0.2) is 24.4 Å². The van der Waals surface area contributed by atoms with Gasteiger partial charge in [-0.05, 0) is 36.8 Å². The number of amides is 1. The van der Waals surface area contributed by atoms with Gasteiger partial charge in [0.25, 0.3) is 0 Å². The Hall–Kier alpha value is -1.66. The van der Waals surface area contributed by atoms with Crippen LogP contribution in [0.4, 0.5) is 5.82 Å². The molecule has 1 atom stereocenters. The van der Waals surface area contributed by atoms with Crippen molar-refractivity contribution in [3.63, 3.8) is 0 Å². The first-order valence-electron chi connectivity index (χ1n) is 10.9. The first kappa shape index (κ1) is 21.1. The van der Waals surface area contributed by atoms with Crippen molar-refractivity contribution in [2.75, 3.05) is 63.9 Å². The van der Waals surface area contributed by atoms with Gasteiger partial charge in [0.1, 0.15) is 5.82 Å². The molecule has 1 amide bonds. The van der Waals surface area contributed by atoms with Crippen LogP contribution < -0.4 is 4.90 Å². The van der Waals surface area contributed by atoms with Gasteiger partial charge in [-0.1, -0.05) is 19.9 Å². The summed E-state index contributed by atoms with van der Waals surface area (Å²) >= 11 is 0. The van der Waals surface area contributed by atoms with Crippen LogP contribution in [-0.4, -0.2) is 79.7 Å². The highest BCUT2D eigenvalue weighted by Gasteiger charge is 2.26. The Bertz CT molecular complexity index is 587. The normalized spacial score (nSPS) is 21.3. The number of anilines is 1. The lowest BCUT2D eigenvalue weighted by molar-refractivity contribution is -0.134. The van der Waals surface area contributed by atoms with E-state index >= 15 is 0 Å². The lowest BCUT2D eigenvalue weighted by Crippen LogP contribution is -2.50. The Morgan fingerprint density at radius 3 is 2.75 bits per heavy atom. The Labute approximate surface area is 169 Å². The summed E-state index contributed by atoms with van der Waals surface area (Å²) in [5.41, 5.74) is 0. The van der Waals surface area contributed by atoms with Crippen molar-refractivity contribution in [3.8, 4) is 0 Å². The van der Waals surface area contributed by atoms with Gasteiger partial charge in [-0.15, -0.1) is 0 Å². The van der Waals surface area contributed by atoms with Crippen LogP contribution in [0.3, 0.4) is 0 Å². The summed E-state index contributed by atoms with van der Waals surface area (Å²) in [5, 5.41) is 0. The smallest absolute Gasteiger partial charge is 0.224 e. The number of rotatable bonds is 8. The molecule has 3 rings (SSSR count). The molecule has 0 bridgehead atoms. The summed E-state index contributed by atoms with van der Waals surface area (Å²) in [6, 6.07) is 6.10. The van der Waals surface area contributed by atoms with Gasteiger partial charge in [0.05, 0.1) is 13.0 Å². The Morgan fingerprint density at radius 1 is 1.21 bits per heavy atom. The average Bonchev–Trinajstić information content (AvgIpc) is 2.72. The predicted octanol–water partition coefficient (Wildman–Crippen LogP) is 2.50. The minimum atomic E-state index is 0.258. The molecule has 1 aromatic heterocycles. The second kappa shape index (κ2) is 10.8. The van der Waals surface area contributed by atoms with Gasteiger partial charge in [-0.3, -0.25) is 9.69 Å². The lowest BCUT2D eigenvalue weighted by Gasteiger charge is -2.39. The van der Waals surface area contributed by atoms with Crippen LogP contribution in [0, 0.1) is 11.8 Å².